The van der Waals surface area contributed by atoms with Crippen LogP contribution < -0.4 is 10.5 Å². The maximum absolute atomic E-state index is 13.0. The fourth-order valence-corrected chi connectivity index (χ4v) is 1.50. The van der Waals surface area contributed by atoms with Gasteiger partial charge in [0.2, 0.25) is 11.6 Å². The molecule has 23 heavy (non-hydrogen) atoms. The summed E-state index contributed by atoms with van der Waals surface area (Å²) in [6.45, 7) is 1.31. The molecule has 0 aromatic heterocycles. The van der Waals surface area contributed by atoms with Crippen molar-refractivity contribution in [3.63, 3.8) is 0 Å². The van der Waals surface area contributed by atoms with Gasteiger partial charge in [-0.25, -0.2) is 0 Å². The molecule has 0 fully saturated rings. The number of hydrogen-bond donors (Lipinski definition) is 2. The highest BCUT2D eigenvalue weighted by Crippen LogP contribution is 2.44. The van der Waals surface area contributed by atoms with Gasteiger partial charge in [-0.2, -0.15) is 13.2 Å². The van der Waals surface area contributed by atoms with Gasteiger partial charge in [-0.1, -0.05) is 0 Å². The lowest BCUT2D eigenvalue weighted by atomic mass is 10.1. The summed E-state index contributed by atoms with van der Waals surface area (Å²) >= 11 is 0. The van der Waals surface area contributed by atoms with Gasteiger partial charge in [-0.05, 0) is 6.92 Å². The van der Waals surface area contributed by atoms with Crippen molar-refractivity contribution in [2.45, 2.75) is 13.1 Å². The molecule has 1 aromatic carbocycles. The molecule has 3 N–H and O–H groups in total. The highest BCUT2D eigenvalue weighted by Gasteiger charge is 2.41. The predicted octanol–water partition coefficient (Wildman–Crippen LogP) is 2.74. The van der Waals surface area contributed by atoms with Gasteiger partial charge in [0, 0.05) is 17.8 Å². The summed E-state index contributed by atoms with van der Waals surface area (Å²) in [6.07, 6.45) is -4.35. The predicted molar refractivity (Wildman–Crippen MR) is 71.1 cm³/mol. The van der Waals surface area contributed by atoms with Crippen molar-refractivity contribution in [3.8, 4) is 5.75 Å². The van der Waals surface area contributed by atoms with Gasteiger partial charge >= 0.3 is 11.9 Å². The van der Waals surface area contributed by atoms with Crippen LogP contribution in [-0.4, -0.2) is 15.7 Å². The van der Waals surface area contributed by atoms with Gasteiger partial charge in [0.05, 0.1) is 15.9 Å². The molecule has 9 nitrogen and oxygen atoms in total. The number of non-ortho nitro benzene ring substituents is 1. The number of nitrogens with two attached hydrogens (primary N) is 1. The molecule has 124 valence electrons. The minimum Gasteiger partial charge on any atom is -0.432 e. The number of nitro benzene ring substituents is 2. The van der Waals surface area contributed by atoms with Gasteiger partial charge in [-0.15, -0.1) is 0 Å². The van der Waals surface area contributed by atoms with Gasteiger partial charge in [0.15, 0.2) is 0 Å². The Morgan fingerprint density at radius 3 is 2.26 bits per heavy atom. The summed E-state index contributed by atoms with van der Waals surface area (Å²) in [5.41, 5.74) is 1.07. The lowest BCUT2D eigenvalue weighted by Gasteiger charge is -2.13. The zero-order valence-corrected chi connectivity index (χ0v) is 11.4. The molecule has 12 heteroatoms. The lowest BCUT2D eigenvalue weighted by Crippen LogP contribution is -2.14. The van der Waals surface area contributed by atoms with Crippen molar-refractivity contribution in [2.24, 2.45) is 5.73 Å². The molecule has 0 unspecified atom stereocenters. The molecule has 0 radical (unpaired) electrons. The number of alkyl halides is 3. The fourth-order valence-electron chi connectivity index (χ4n) is 1.50. The molecule has 0 spiro atoms. The standard InChI is InChI=1S/C11H9F3N4O5/c1-5(15)2-9(16)23-10-7(11(12,13)14)3-6(17(19)20)4-8(10)18(21)22/h2-4,16H,15H2,1H3/b5-2-,16-9?. The second kappa shape index (κ2) is 6.29. The van der Waals surface area contributed by atoms with Crippen LogP contribution in [0, 0.1) is 25.6 Å². The number of rotatable bonds is 4. The summed E-state index contributed by atoms with van der Waals surface area (Å²) in [4.78, 5) is 19.1. The quantitative estimate of drug-likeness (QED) is 0.375. The Morgan fingerprint density at radius 1 is 1.30 bits per heavy atom. The smallest absolute Gasteiger partial charge is 0.420 e. The Kier molecular flexibility index (Phi) is 4.89. The second-order valence-corrected chi connectivity index (χ2v) is 4.21. The van der Waals surface area contributed by atoms with Gasteiger partial charge < -0.3 is 10.5 Å². The molecule has 0 aliphatic heterocycles. The third kappa shape index (κ3) is 4.39. The number of ether oxygens (including phenoxy) is 1. The topological polar surface area (TPSA) is 145 Å². The molecule has 0 heterocycles. The largest absolute Gasteiger partial charge is 0.432 e. The number of allylic oxidation sites excluding steroid dienone is 1. The molecule has 0 aliphatic carbocycles. The van der Waals surface area contributed by atoms with Crippen LogP contribution in [0.1, 0.15) is 12.5 Å². The normalized spacial score (nSPS) is 11.9. The second-order valence-electron chi connectivity index (χ2n) is 4.21. The monoisotopic (exact) mass is 334 g/mol. The van der Waals surface area contributed by atoms with E-state index >= 15 is 0 Å². The lowest BCUT2D eigenvalue weighted by molar-refractivity contribution is -0.395. The first-order chi connectivity index (χ1) is 10.4. The van der Waals surface area contributed by atoms with E-state index < -0.39 is 44.6 Å². The Hall–Kier alpha value is -3.18. The zero-order valence-electron chi connectivity index (χ0n) is 11.4. The van der Waals surface area contributed by atoms with Gasteiger partial charge in [-0.3, -0.25) is 25.6 Å². The Bertz CT molecular complexity index is 710. The van der Waals surface area contributed by atoms with Crippen molar-refractivity contribution in [1.82, 2.24) is 0 Å². The molecule has 0 bridgehead atoms. The number of hydrogen-bond acceptors (Lipinski definition) is 7. The summed E-state index contributed by atoms with van der Waals surface area (Å²) in [5.74, 6) is -2.22. The summed E-state index contributed by atoms with van der Waals surface area (Å²) < 4.78 is 43.6. The van der Waals surface area contributed by atoms with E-state index in [9.17, 15) is 33.4 Å². The number of nitro groups is 2. The molecule has 1 rings (SSSR count). The minimum atomic E-state index is -5.17. The van der Waals surface area contributed by atoms with Crippen LogP contribution in [0.4, 0.5) is 24.5 Å². The number of benzene rings is 1. The average molecular weight is 334 g/mol. The summed E-state index contributed by atoms with van der Waals surface area (Å²) in [7, 11) is 0. The Labute approximate surface area is 126 Å². The van der Waals surface area contributed by atoms with E-state index in [1.807, 2.05) is 0 Å². The van der Waals surface area contributed by atoms with Gasteiger partial charge in [0.1, 0.15) is 5.56 Å². The Morgan fingerprint density at radius 2 is 1.87 bits per heavy atom. The van der Waals surface area contributed by atoms with Crippen LogP contribution in [0.5, 0.6) is 5.75 Å². The van der Waals surface area contributed by atoms with Crippen molar-refractivity contribution in [1.29, 1.82) is 5.41 Å². The summed E-state index contributed by atoms with van der Waals surface area (Å²) in [6, 6.07) is 0.408. The van der Waals surface area contributed by atoms with E-state index in [1.54, 1.807) is 0 Å². The first-order valence-electron chi connectivity index (χ1n) is 5.67. The fraction of sp³-hybridized carbons (Fsp3) is 0.182. The molecular formula is C11H9F3N4O5. The molecule has 0 atom stereocenters. The third-order valence-electron chi connectivity index (χ3n) is 2.34. The van der Waals surface area contributed by atoms with Crippen molar-refractivity contribution in [3.05, 3.63) is 49.7 Å². The molecule has 1 aromatic rings. The Balaban J connectivity index is 3.63. The van der Waals surface area contributed by atoms with Crippen LogP contribution in [-0.2, 0) is 6.18 Å². The first kappa shape index (κ1) is 17.9. The number of halogens is 3. The van der Waals surface area contributed by atoms with E-state index in [0.29, 0.717) is 6.07 Å². The van der Waals surface area contributed by atoms with Crippen molar-refractivity contribution in [2.75, 3.05) is 0 Å². The van der Waals surface area contributed by atoms with Crippen LogP contribution in [0.3, 0.4) is 0 Å². The van der Waals surface area contributed by atoms with E-state index in [1.165, 1.54) is 6.92 Å². The van der Waals surface area contributed by atoms with E-state index in [-0.39, 0.29) is 11.8 Å². The number of nitrogens with zero attached hydrogens (tertiary/aromatic N) is 2. The molecule has 0 amide bonds. The van der Waals surface area contributed by atoms with Gasteiger partial charge in [0.25, 0.3) is 5.69 Å². The van der Waals surface area contributed by atoms with Crippen LogP contribution >= 0.6 is 0 Å². The van der Waals surface area contributed by atoms with E-state index in [0.717, 1.165) is 6.08 Å². The van der Waals surface area contributed by atoms with Crippen LogP contribution in [0.15, 0.2) is 23.9 Å². The summed E-state index contributed by atoms with van der Waals surface area (Å²) in [5, 5.41) is 28.9. The van der Waals surface area contributed by atoms with Crippen molar-refractivity contribution >= 4 is 17.3 Å². The third-order valence-corrected chi connectivity index (χ3v) is 2.34. The maximum atomic E-state index is 13.0. The highest BCUT2D eigenvalue weighted by atomic mass is 19.4. The molecular weight excluding hydrogens is 325 g/mol. The van der Waals surface area contributed by atoms with E-state index in [4.69, 9.17) is 11.1 Å². The maximum Gasteiger partial charge on any atom is 0.420 e. The molecule has 0 saturated carbocycles. The highest BCUT2D eigenvalue weighted by molar-refractivity contribution is 5.88. The molecule has 0 saturated heterocycles. The number of nitrogens with one attached hydrogen (secondary N) is 1. The minimum absolute atomic E-state index is 0.00752. The van der Waals surface area contributed by atoms with Crippen molar-refractivity contribution < 1.29 is 27.8 Å². The first-order valence-corrected chi connectivity index (χ1v) is 5.67. The molecule has 0 aliphatic rings. The zero-order chi connectivity index (χ0) is 17.9. The van der Waals surface area contributed by atoms with E-state index in [2.05, 4.69) is 4.74 Å². The average Bonchev–Trinajstić information content (AvgIpc) is 2.35. The SMILES string of the molecule is C/C(N)=C/C(=N)Oc1c([N+](=O)[O-])cc([N+](=O)[O-])cc1C(F)(F)F. The van der Waals surface area contributed by atoms with Crippen LogP contribution in [0.2, 0.25) is 0 Å². The van der Waals surface area contributed by atoms with Crippen LogP contribution in [0.25, 0.3) is 0 Å².